The third kappa shape index (κ3) is 1.78. The van der Waals surface area contributed by atoms with Gasteiger partial charge in [0, 0.05) is 0 Å². The maximum atomic E-state index is 8.80. The highest BCUT2D eigenvalue weighted by molar-refractivity contribution is 4.98. The van der Waals surface area contributed by atoms with Gasteiger partial charge in [-0.3, -0.25) is 0 Å². The van der Waals surface area contributed by atoms with Gasteiger partial charge < -0.3 is 5.32 Å². The van der Waals surface area contributed by atoms with Crippen LogP contribution in [0.25, 0.3) is 0 Å². The SMILES string of the molecule is CCC1(CC)CCNC(C#N)C1. The molecule has 0 amide bonds. The summed E-state index contributed by atoms with van der Waals surface area (Å²) in [5, 5.41) is 12.0. The molecule has 1 N–H and O–H groups in total. The number of nitriles is 1. The van der Waals surface area contributed by atoms with E-state index < -0.39 is 0 Å². The smallest absolute Gasteiger partial charge is 0.0958 e. The van der Waals surface area contributed by atoms with Crippen LogP contribution in [0, 0.1) is 16.7 Å². The maximum Gasteiger partial charge on any atom is 0.0958 e. The summed E-state index contributed by atoms with van der Waals surface area (Å²) < 4.78 is 0. The lowest BCUT2D eigenvalue weighted by molar-refractivity contribution is 0.166. The number of piperidine rings is 1. The molecular weight excluding hydrogens is 148 g/mol. The molecule has 0 bridgehead atoms. The van der Waals surface area contributed by atoms with E-state index in [0.717, 1.165) is 13.0 Å². The zero-order valence-electron chi connectivity index (χ0n) is 8.06. The Balaban J connectivity index is 2.60. The van der Waals surface area contributed by atoms with Crippen molar-refractivity contribution in [2.45, 2.75) is 45.6 Å². The van der Waals surface area contributed by atoms with Crippen molar-refractivity contribution in [1.29, 1.82) is 5.26 Å². The lowest BCUT2D eigenvalue weighted by Gasteiger charge is -2.38. The van der Waals surface area contributed by atoms with Crippen LogP contribution in [0.15, 0.2) is 0 Å². The van der Waals surface area contributed by atoms with Gasteiger partial charge in [0.2, 0.25) is 0 Å². The summed E-state index contributed by atoms with van der Waals surface area (Å²) in [5.74, 6) is 0. The predicted octanol–water partition coefficient (Wildman–Crippen LogP) is 2.07. The molecule has 1 fully saturated rings. The molecule has 12 heavy (non-hydrogen) atoms. The van der Waals surface area contributed by atoms with Crippen molar-refractivity contribution in [2.75, 3.05) is 6.54 Å². The lowest BCUT2D eigenvalue weighted by atomic mass is 9.72. The highest BCUT2D eigenvalue weighted by atomic mass is 14.9. The minimum Gasteiger partial charge on any atom is -0.302 e. The normalized spacial score (nSPS) is 27.9. The number of hydrogen-bond acceptors (Lipinski definition) is 2. The van der Waals surface area contributed by atoms with Gasteiger partial charge in [0.15, 0.2) is 0 Å². The number of hydrogen-bond donors (Lipinski definition) is 1. The summed E-state index contributed by atoms with van der Waals surface area (Å²) in [7, 11) is 0. The number of nitrogens with zero attached hydrogens (tertiary/aromatic N) is 1. The molecule has 68 valence electrons. The van der Waals surface area contributed by atoms with Gasteiger partial charge in [-0.2, -0.15) is 5.26 Å². The van der Waals surface area contributed by atoms with Gasteiger partial charge in [0.05, 0.1) is 12.1 Å². The van der Waals surface area contributed by atoms with Crippen LogP contribution in [-0.2, 0) is 0 Å². The zero-order chi connectivity index (χ0) is 9.03. The van der Waals surface area contributed by atoms with Gasteiger partial charge in [-0.05, 0) is 24.8 Å². The first-order valence-corrected chi connectivity index (χ1v) is 4.89. The van der Waals surface area contributed by atoms with Crippen LogP contribution in [0.3, 0.4) is 0 Å². The topological polar surface area (TPSA) is 35.8 Å². The van der Waals surface area contributed by atoms with Crippen molar-refractivity contribution < 1.29 is 0 Å². The quantitative estimate of drug-likeness (QED) is 0.681. The fourth-order valence-corrected chi connectivity index (χ4v) is 2.10. The summed E-state index contributed by atoms with van der Waals surface area (Å²) in [5.41, 5.74) is 0.450. The molecule has 1 unspecified atom stereocenters. The third-order valence-corrected chi connectivity index (χ3v) is 3.34. The van der Waals surface area contributed by atoms with Crippen molar-refractivity contribution >= 4 is 0 Å². The van der Waals surface area contributed by atoms with E-state index in [-0.39, 0.29) is 6.04 Å². The molecule has 1 aliphatic rings. The van der Waals surface area contributed by atoms with Gasteiger partial charge in [0.25, 0.3) is 0 Å². The van der Waals surface area contributed by atoms with Crippen LogP contribution < -0.4 is 5.32 Å². The minimum absolute atomic E-state index is 0.0960. The van der Waals surface area contributed by atoms with E-state index in [1.54, 1.807) is 0 Å². The molecule has 1 atom stereocenters. The van der Waals surface area contributed by atoms with E-state index in [4.69, 9.17) is 5.26 Å². The van der Waals surface area contributed by atoms with Crippen LogP contribution >= 0.6 is 0 Å². The first kappa shape index (κ1) is 9.54. The van der Waals surface area contributed by atoms with E-state index in [1.165, 1.54) is 19.3 Å². The molecule has 0 aromatic heterocycles. The first-order chi connectivity index (χ1) is 5.76. The average molecular weight is 166 g/mol. The summed E-state index contributed by atoms with van der Waals surface area (Å²) in [6.07, 6.45) is 4.70. The van der Waals surface area contributed by atoms with E-state index in [9.17, 15) is 0 Å². The third-order valence-electron chi connectivity index (χ3n) is 3.34. The molecule has 0 spiro atoms. The fourth-order valence-electron chi connectivity index (χ4n) is 2.10. The molecule has 1 rings (SSSR count). The summed E-state index contributed by atoms with van der Waals surface area (Å²) in [6.45, 7) is 5.49. The minimum atomic E-state index is 0.0960. The Morgan fingerprint density at radius 3 is 2.67 bits per heavy atom. The Morgan fingerprint density at radius 2 is 2.17 bits per heavy atom. The lowest BCUT2D eigenvalue weighted by Crippen LogP contribution is -2.42. The second-order valence-electron chi connectivity index (χ2n) is 3.80. The molecular formula is C10H18N2. The summed E-state index contributed by atoms with van der Waals surface area (Å²) in [4.78, 5) is 0. The molecule has 2 nitrogen and oxygen atoms in total. The first-order valence-electron chi connectivity index (χ1n) is 4.89. The maximum absolute atomic E-state index is 8.80. The Morgan fingerprint density at radius 1 is 1.50 bits per heavy atom. The second-order valence-corrected chi connectivity index (χ2v) is 3.80. The Kier molecular flexibility index (Phi) is 3.11. The van der Waals surface area contributed by atoms with Crippen LogP contribution in [-0.4, -0.2) is 12.6 Å². The van der Waals surface area contributed by atoms with Gasteiger partial charge in [0.1, 0.15) is 0 Å². The van der Waals surface area contributed by atoms with Crippen LogP contribution in [0.5, 0.6) is 0 Å². The monoisotopic (exact) mass is 166 g/mol. The van der Waals surface area contributed by atoms with Crippen molar-refractivity contribution in [3.8, 4) is 6.07 Å². The van der Waals surface area contributed by atoms with Crippen molar-refractivity contribution in [3.05, 3.63) is 0 Å². The van der Waals surface area contributed by atoms with Crippen molar-refractivity contribution in [3.63, 3.8) is 0 Å². The standard InChI is InChI=1S/C10H18N2/c1-3-10(4-2)5-6-12-9(7-10)8-11/h9,12H,3-7H2,1-2H3. The summed E-state index contributed by atoms with van der Waals surface area (Å²) in [6, 6.07) is 2.41. The van der Waals surface area contributed by atoms with Crippen LogP contribution in [0.2, 0.25) is 0 Å². The molecule has 0 radical (unpaired) electrons. The molecule has 1 heterocycles. The molecule has 1 aliphatic heterocycles. The summed E-state index contributed by atoms with van der Waals surface area (Å²) >= 11 is 0. The van der Waals surface area contributed by atoms with Gasteiger partial charge in [-0.25, -0.2) is 0 Å². The molecule has 1 saturated heterocycles. The van der Waals surface area contributed by atoms with Crippen molar-refractivity contribution in [2.24, 2.45) is 5.41 Å². The average Bonchev–Trinajstić information content (AvgIpc) is 2.18. The Bertz CT molecular complexity index is 177. The largest absolute Gasteiger partial charge is 0.302 e. The molecule has 0 saturated carbocycles. The van der Waals surface area contributed by atoms with Gasteiger partial charge >= 0.3 is 0 Å². The molecule has 0 aromatic rings. The predicted molar refractivity (Wildman–Crippen MR) is 49.7 cm³/mol. The van der Waals surface area contributed by atoms with Crippen LogP contribution in [0.1, 0.15) is 39.5 Å². The number of rotatable bonds is 2. The van der Waals surface area contributed by atoms with E-state index in [2.05, 4.69) is 25.2 Å². The zero-order valence-corrected chi connectivity index (χ0v) is 8.06. The highest BCUT2D eigenvalue weighted by Crippen LogP contribution is 2.37. The number of nitrogens with one attached hydrogen (secondary N) is 1. The van der Waals surface area contributed by atoms with E-state index in [0.29, 0.717) is 5.41 Å². The fraction of sp³-hybridized carbons (Fsp3) is 0.900. The van der Waals surface area contributed by atoms with Gasteiger partial charge in [-0.1, -0.05) is 26.7 Å². The van der Waals surface area contributed by atoms with E-state index >= 15 is 0 Å². The molecule has 2 heteroatoms. The van der Waals surface area contributed by atoms with Crippen molar-refractivity contribution in [1.82, 2.24) is 5.32 Å². The Labute approximate surface area is 75.0 Å². The molecule has 0 aliphatic carbocycles. The van der Waals surface area contributed by atoms with E-state index in [1.807, 2.05) is 0 Å². The second kappa shape index (κ2) is 3.91. The van der Waals surface area contributed by atoms with Gasteiger partial charge in [-0.15, -0.1) is 0 Å². The molecule has 0 aromatic carbocycles. The Hall–Kier alpha value is -0.550. The highest BCUT2D eigenvalue weighted by Gasteiger charge is 2.32. The van der Waals surface area contributed by atoms with Crippen LogP contribution in [0.4, 0.5) is 0 Å².